The van der Waals surface area contributed by atoms with E-state index in [1.165, 1.54) is 14.2 Å². The van der Waals surface area contributed by atoms with Crippen LogP contribution in [0.25, 0.3) is 10.8 Å². The van der Waals surface area contributed by atoms with Crippen molar-refractivity contribution >= 4 is 26.5 Å². The first-order valence-corrected chi connectivity index (χ1v) is 9.42. The molecular formula is C19H20N2O4S. The fourth-order valence-corrected chi connectivity index (χ4v) is 4.08. The molecule has 0 saturated heterocycles. The minimum Gasteiger partial charge on any atom is -0.493 e. The zero-order chi connectivity index (χ0) is 18.7. The first-order chi connectivity index (χ1) is 12.5. The molecule has 0 saturated carbocycles. The lowest BCUT2D eigenvalue weighted by Gasteiger charge is -2.14. The number of hydrogen-bond donors (Lipinski definition) is 2. The van der Waals surface area contributed by atoms with E-state index in [0.29, 0.717) is 28.1 Å². The number of nitrogens with one attached hydrogen (secondary N) is 1. The molecule has 0 spiro atoms. The molecule has 0 aliphatic carbocycles. The van der Waals surface area contributed by atoms with E-state index in [1.54, 1.807) is 48.5 Å². The Balaban J connectivity index is 1.94. The van der Waals surface area contributed by atoms with Gasteiger partial charge in [0.05, 0.1) is 19.1 Å². The highest BCUT2D eigenvalue weighted by molar-refractivity contribution is 7.89. The predicted molar refractivity (Wildman–Crippen MR) is 102 cm³/mol. The quantitative estimate of drug-likeness (QED) is 0.649. The monoisotopic (exact) mass is 372 g/mol. The summed E-state index contributed by atoms with van der Waals surface area (Å²) < 4.78 is 38.9. The van der Waals surface area contributed by atoms with Crippen LogP contribution in [0.1, 0.15) is 5.56 Å². The molecule has 0 aliphatic rings. The van der Waals surface area contributed by atoms with Crippen molar-refractivity contribution in [3.63, 3.8) is 0 Å². The Labute approximate surface area is 152 Å². The van der Waals surface area contributed by atoms with Gasteiger partial charge in [0.1, 0.15) is 0 Å². The molecule has 0 radical (unpaired) electrons. The molecule has 3 aromatic carbocycles. The van der Waals surface area contributed by atoms with Crippen molar-refractivity contribution in [2.75, 3.05) is 20.0 Å². The van der Waals surface area contributed by atoms with Crippen molar-refractivity contribution in [3.8, 4) is 11.5 Å². The first kappa shape index (κ1) is 18.0. The minimum absolute atomic E-state index is 0.0774. The number of methoxy groups -OCH3 is 2. The lowest BCUT2D eigenvalue weighted by Crippen LogP contribution is -2.23. The Kier molecular flexibility index (Phi) is 5.01. The van der Waals surface area contributed by atoms with Crippen LogP contribution in [0.4, 0.5) is 5.69 Å². The Morgan fingerprint density at radius 2 is 1.77 bits per heavy atom. The molecule has 3 aromatic rings. The molecule has 0 unspecified atom stereocenters. The number of hydrogen-bond acceptors (Lipinski definition) is 5. The minimum atomic E-state index is -3.73. The van der Waals surface area contributed by atoms with E-state index in [2.05, 4.69) is 4.72 Å². The van der Waals surface area contributed by atoms with E-state index in [0.717, 1.165) is 5.39 Å². The summed E-state index contributed by atoms with van der Waals surface area (Å²) in [5.74, 6) is 1.05. The SMILES string of the molecule is COc1cccc(CNS(=O)(=O)c2cccc3cc(N)ccc23)c1OC. The van der Waals surface area contributed by atoms with Gasteiger partial charge >= 0.3 is 0 Å². The zero-order valence-corrected chi connectivity index (χ0v) is 15.3. The molecule has 0 fully saturated rings. The highest BCUT2D eigenvalue weighted by Gasteiger charge is 2.18. The Morgan fingerprint density at radius 3 is 2.50 bits per heavy atom. The summed E-state index contributed by atoms with van der Waals surface area (Å²) in [6.45, 7) is 0.0774. The second-order valence-electron chi connectivity index (χ2n) is 5.71. The van der Waals surface area contributed by atoms with Gasteiger partial charge in [-0.1, -0.05) is 30.3 Å². The maximum absolute atomic E-state index is 12.8. The third-order valence-electron chi connectivity index (χ3n) is 4.09. The smallest absolute Gasteiger partial charge is 0.241 e. The third-order valence-corrected chi connectivity index (χ3v) is 5.55. The average molecular weight is 372 g/mol. The summed E-state index contributed by atoms with van der Waals surface area (Å²) in [5.41, 5.74) is 7.05. The van der Waals surface area contributed by atoms with Crippen molar-refractivity contribution in [1.82, 2.24) is 4.72 Å². The van der Waals surface area contributed by atoms with Crippen molar-refractivity contribution in [2.45, 2.75) is 11.4 Å². The molecule has 0 atom stereocenters. The topological polar surface area (TPSA) is 90.7 Å². The maximum atomic E-state index is 12.8. The van der Waals surface area contributed by atoms with E-state index in [1.807, 2.05) is 6.07 Å². The maximum Gasteiger partial charge on any atom is 0.241 e. The van der Waals surface area contributed by atoms with E-state index in [4.69, 9.17) is 15.2 Å². The number of benzene rings is 3. The van der Waals surface area contributed by atoms with Crippen LogP contribution in [-0.2, 0) is 16.6 Å². The fraction of sp³-hybridized carbons (Fsp3) is 0.158. The Morgan fingerprint density at radius 1 is 1.00 bits per heavy atom. The highest BCUT2D eigenvalue weighted by Crippen LogP contribution is 2.31. The molecule has 6 nitrogen and oxygen atoms in total. The normalized spacial score (nSPS) is 11.5. The predicted octanol–water partition coefficient (Wildman–Crippen LogP) is 2.92. The molecule has 0 bridgehead atoms. The van der Waals surface area contributed by atoms with Crippen LogP contribution in [0.2, 0.25) is 0 Å². The van der Waals surface area contributed by atoms with Gasteiger partial charge in [-0.15, -0.1) is 0 Å². The van der Waals surface area contributed by atoms with Crippen molar-refractivity contribution in [1.29, 1.82) is 0 Å². The highest BCUT2D eigenvalue weighted by atomic mass is 32.2. The van der Waals surface area contributed by atoms with Gasteiger partial charge in [-0.25, -0.2) is 13.1 Å². The van der Waals surface area contributed by atoms with Crippen LogP contribution >= 0.6 is 0 Å². The lowest BCUT2D eigenvalue weighted by atomic mass is 10.1. The molecule has 0 aliphatic heterocycles. The van der Waals surface area contributed by atoms with Gasteiger partial charge in [0.2, 0.25) is 10.0 Å². The average Bonchev–Trinajstić information content (AvgIpc) is 2.65. The molecule has 3 rings (SSSR count). The van der Waals surface area contributed by atoms with Gasteiger partial charge in [0.25, 0.3) is 0 Å². The molecule has 0 aromatic heterocycles. The third kappa shape index (κ3) is 3.44. The van der Waals surface area contributed by atoms with Crippen LogP contribution in [-0.4, -0.2) is 22.6 Å². The number of para-hydroxylation sites is 1. The number of anilines is 1. The zero-order valence-electron chi connectivity index (χ0n) is 14.5. The van der Waals surface area contributed by atoms with Gasteiger partial charge in [0.15, 0.2) is 11.5 Å². The van der Waals surface area contributed by atoms with E-state index >= 15 is 0 Å². The number of ether oxygens (including phenoxy) is 2. The van der Waals surface area contributed by atoms with E-state index in [9.17, 15) is 8.42 Å². The number of nitrogen functional groups attached to an aromatic ring is 1. The standard InChI is InChI=1S/C19H20N2O4S/c1-24-17-7-3-6-14(19(17)25-2)12-21-26(22,23)18-8-4-5-13-11-15(20)9-10-16(13)18/h3-11,21H,12,20H2,1-2H3. The van der Waals surface area contributed by atoms with Gasteiger partial charge in [-0.05, 0) is 29.7 Å². The van der Waals surface area contributed by atoms with Crippen LogP contribution in [0.3, 0.4) is 0 Å². The van der Waals surface area contributed by atoms with Gasteiger partial charge in [-0.2, -0.15) is 0 Å². The molecule has 0 amide bonds. The largest absolute Gasteiger partial charge is 0.493 e. The lowest BCUT2D eigenvalue weighted by molar-refractivity contribution is 0.351. The molecule has 136 valence electrons. The number of fused-ring (bicyclic) bond motifs is 1. The van der Waals surface area contributed by atoms with Gasteiger partial charge < -0.3 is 15.2 Å². The molecule has 3 N–H and O–H groups in total. The molecule has 26 heavy (non-hydrogen) atoms. The van der Waals surface area contributed by atoms with Crippen LogP contribution in [0.15, 0.2) is 59.5 Å². The summed E-state index contributed by atoms with van der Waals surface area (Å²) in [6.07, 6.45) is 0. The number of nitrogens with two attached hydrogens (primary N) is 1. The number of sulfonamides is 1. The molecule has 0 heterocycles. The summed E-state index contributed by atoms with van der Waals surface area (Å²) in [6, 6.07) is 15.6. The Hall–Kier alpha value is -2.77. The Bertz CT molecular complexity index is 1050. The van der Waals surface area contributed by atoms with Crippen molar-refractivity contribution in [2.24, 2.45) is 0 Å². The summed E-state index contributed by atoms with van der Waals surface area (Å²) in [5, 5.41) is 1.39. The van der Waals surface area contributed by atoms with Crippen molar-refractivity contribution in [3.05, 3.63) is 60.2 Å². The van der Waals surface area contributed by atoms with Gasteiger partial charge in [0, 0.05) is 23.2 Å². The van der Waals surface area contributed by atoms with Crippen LogP contribution in [0.5, 0.6) is 11.5 Å². The second kappa shape index (κ2) is 7.23. The molecular weight excluding hydrogens is 352 g/mol. The van der Waals surface area contributed by atoms with Crippen molar-refractivity contribution < 1.29 is 17.9 Å². The van der Waals surface area contributed by atoms with E-state index < -0.39 is 10.0 Å². The summed E-state index contributed by atoms with van der Waals surface area (Å²) in [7, 11) is -0.676. The number of rotatable bonds is 6. The molecule has 7 heteroatoms. The fourth-order valence-electron chi connectivity index (χ4n) is 2.85. The van der Waals surface area contributed by atoms with Gasteiger partial charge in [-0.3, -0.25) is 0 Å². The second-order valence-corrected chi connectivity index (χ2v) is 7.45. The summed E-state index contributed by atoms with van der Waals surface area (Å²) in [4.78, 5) is 0.205. The van der Waals surface area contributed by atoms with E-state index in [-0.39, 0.29) is 11.4 Å². The first-order valence-electron chi connectivity index (χ1n) is 7.94. The van der Waals surface area contributed by atoms with Crippen LogP contribution < -0.4 is 19.9 Å². The summed E-state index contributed by atoms with van der Waals surface area (Å²) >= 11 is 0. The van der Waals surface area contributed by atoms with Crippen LogP contribution in [0, 0.1) is 0 Å².